The summed E-state index contributed by atoms with van der Waals surface area (Å²) in [4.78, 5) is 38.1. The number of benzene rings is 1. The number of aromatic nitrogens is 2. The van der Waals surface area contributed by atoms with Gasteiger partial charge in [0.25, 0.3) is 5.91 Å². The van der Waals surface area contributed by atoms with Crippen LogP contribution in [0.25, 0.3) is 6.08 Å². The number of anilines is 1. The van der Waals surface area contributed by atoms with Crippen LogP contribution in [0.3, 0.4) is 0 Å². The zero-order chi connectivity index (χ0) is 31.5. The maximum atomic E-state index is 15.0. The normalized spacial score (nSPS) is 24.8. The number of piperidine rings is 1. The van der Waals surface area contributed by atoms with Crippen molar-refractivity contribution in [2.24, 2.45) is 0 Å². The first-order chi connectivity index (χ1) is 21.8. The number of carbonyl (C=O) groups excluding carboxylic acids is 2. The quantitative estimate of drug-likeness (QED) is 0.443. The van der Waals surface area contributed by atoms with Crippen LogP contribution >= 0.6 is 0 Å². The van der Waals surface area contributed by atoms with Crippen molar-refractivity contribution in [3.8, 4) is 0 Å². The number of nitrogens with one attached hydrogen (secondary N) is 2. The standard InChI is InChI=1S/C34H37F2N5O4/c1-20-26(25-6-3-7-28(35)31(25)36)17-30-34(43)41(20)8-10-45-12-11-44-9-4-5-21-13-27(32(37-2)39-18-21)22-14-23-15-24(33(42)40-30)19-38-29(23)16-22/h3-7,13,15,18-20,22,26,30H,8-12,14,16-17H2,1-2H3,(H,37,39)(H,40,42)/b5-4+. The summed E-state index contributed by atoms with van der Waals surface area (Å²) in [6.45, 7) is 3.34. The minimum Gasteiger partial charge on any atom is -0.377 e. The summed E-state index contributed by atoms with van der Waals surface area (Å²) in [5, 5.41) is 6.07. The first kappa shape index (κ1) is 30.8. The highest BCUT2D eigenvalue weighted by Crippen LogP contribution is 2.38. The summed E-state index contributed by atoms with van der Waals surface area (Å²) >= 11 is 0. The minimum absolute atomic E-state index is 0.122. The van der Waals surface area contributed by atoms with Crippen molar-refractivity contribution in [3.63, 3.8) is 0 Å². The van der Waals surface area contributed by atoms with Crippen molar-refractivity contribution >= 4 is 23.7 Å². The Bertz CT molecular complexity index is 1620. The number of fused-ring (bicyclic) bond motifs is 7. The summed E-state index contributed by atoms with van der Waals surface area (Å²) in [5.41, 5.74) is 4.43. The molecular formula is C34H37F2N5O4. The lowest BCUT2D eigenvalue weighted by Crippen LogP contribution is -2.58. The molecule has 11 heteroatoms. The number of pyridine rings is 2. The van der Waals surface area contributed by atoms with Gasteiger partial charge in [-0.05, 0) is 72.6 Å². The molecule has 4 atom stereocenters. The summed E-state index contributed by atoms with van der Waals surface area (Å²) in [7, 11) is 1.84. The first-order valence-corrected chi connectivity index (χ1v) is 15.4. The summed E-state index contributed by atoms with van der Waals surface area (Å²) in [5.74, 6) is -2.26. The van der Waals surface area contributed by atoms with Gasteiger partial charge in [-0.1, -0.05) is 24.3 Å². The van der Waals surface area contributed by atoms with Gasteiger partial charge in [0.05, 0.1) is 32.0 Å². The van der Waals surface area contributed by atoms with E-state index in [4.69, 9.17) is 9.47 Å². The molecule has 3 aliphatic rings. The maximum Gasteiger partial charge on any atom is 0.253 e. The highest BCUT2D eigenvalue weighted by atomic mass is 19.2. The van der Waals surface area contributed by atoms with Crippen LogP contribution in [0.4, 0.5) is 14.6 Å². The molecule has 2 aromatic heterocycles. The summed E-state index contributed by atoms with van der Waals surface area (Å²) < 4.78 is 40.7. The van der Waals surface area contributed by atoms with E-state index in [0.29, 0.717) is 38.2 Å². The van der Waals surface area contributed by atoms with Gasteiger partial charge in [0.1, 0.15) is 11.9 Å². The molecule has 2 N–H and O–H groups in total. The smallest absolute Gasteiger partial charge is 0.253 e. The van der Waals surface area contributed by atoms with Crippen LogP contribution in [0.2, 0.25) is 0 Å². The average Bonchev–Trinajstić information content (AvgIpc) is 3.47. The third-order valence-electron chi connectivity index (χ3n) is 9.05. The second-order valence-electron chi connectivity index (χ2n) is 11.8. The Morgan fingerprint density at radius 2 is 1.87 bits per heavy atom. The third-order valence-corrected chi connectivity index (χ3v) is 9.05. The SMILES string of the molecule is CNc1ncc2cc1C1Cc3cc(cnc3C1)C(=O)NC1CC(c3cccc(F)c3F)C(C)N(CCOCCOC/C=C/2)C1=O. The molecule has 1 fully saturated rings. The lowest BCUT2D eigenvalue weighted by atomic mass is 9.81. The minimum atomic E-state index is -0.951. The predicted octanol–water partition coefficient (Wildman–Crippen LogP) is 4.24. The Labute approximate surface area is 261 Å². The Balaban J connectivity index is 1.30. The third kappa shape index (κ3) is 6.46. The first-order valence-electron chi connectivity index (χ1n) is 15.4. The Morgan fingerprint density at radius 3 is 2.71 bits per heavy atom. The van der Waals surface area contributed by atoms with Crippen molar-refractivity contribution in [1.82, 2.24) is 20.2 Å². The highest BCUT2D eigenvalue weighted by Gasteiger charge is 2.42. The lowest BCUT2D eigenvalue weighted by molar-refractivity contribution is -0.140. The van der Waals surface area contributed by atoms with Crippen LogP contribution in [-0.2, 0) is 27.1 Å². The van der Waals surface area contributed by atoms with Crippen LogP contribution < -0.4 is 10.6 Å². The fourth-order valence-corrected chi connectivity index (χ4v) is 6.68. The predicted molar refractivity (Wildman–Crippen MR) is 165 cm³/mol. The molecule has 9 nitrogen and oxygen atoms in total. The molecule has 1 aromatic carbocycles. The number of nitrogens with zero attached hydrogens (tertiary/aromatic N) is 3. The number of ether oxygens (including phenoxy) is 2. The second-order valence-corrected chi connectivity index (χ2v) is 11.8. The molecule has 0 spiro atoms. The molecule has 1 aliphatic carbocycles. The van der Waals surface area contributed by atoms with E-state index in [1.54, 1.807) is 4.90 Å². The lowest BCUT2D eigenvalue weighted by Gasteiger charge is -2.43. The molecule has 2 amide bonds. The van der Waals surface area contributed by atoms with Gasteiger partial charge >= 0.3 is 0 Å². The summed E-state index contributed by atoms with van der Waals surface area (Å²) in [6, 6.07) is 6.63. The van der Waals surface area contributed by atoms with E-state index < -0.39 is 35.5 Å². The molecule has 0 radical (unpaired) electrons. The Morgan fingerprint density at radius 1 is 1.02 bits per heavy atom. The van der Waals surface area contributed by atoms with Crippen molar-refractivity contribution in [2.75, 3.05) is 45.3 Å². The van der Waals surface area contributed by atoms with Gasteiger partial charge in [-0.15, -0.1) is 0 Å². The van der Waals surface area contributed by atoms with Gasteiger partial charge in [0.2, 0.25) is 5.91 Å². The molecule has 4 unspecified atom stereocenters. The summed E-state index contributed by atoms with van der Waals surface area (Å²) in [6.07, 6.45) is 8.78. The van der Waals surface area contributed by atoms with Gasteiger partial charge in [-0.2, -0.15) is 0 Å². The molecule has 2 aliphatic heterocycles. The molecule has 45 heavy (non-hydrogen) atoms. The molecule has 7 bridgehead atoms. The van der Waals surface area contributed by atoms with Gasteiger partial charge < -0.3 is 25.0 Å². The molecule has 3 aromatic rings. The van der Waals surface area contributed by atoms with E-state index in [0.717, 1.165) is 34.3 Å². The molecular weight excluding hydrogens is 580 g/mol. The van der Waals surface area contributed by atoms with Crippen LogP contribution in [0.5, 0.6) is 0 Å². The average molecular weight is 618 g/mol. The Kier molecular flexibility index (Phi) is 9.18. The number of hydrogen-bond acceptors (Lipinski definition) is 7. The molecule has 6 rings (SSSR count). The van der Waals surface area contributed by atoms with E-state index in [2.05, 4.69) is 26.7 Å². The van der Waals surface area contributed by atoms with E-state index in [-0.39, 0.29) is 37.0 Å². The van der Waals surface area contributed by atoms with Crippen LogP contribution in [0.1, 0.15) is 63.5 Å². The van der Waals surface area contributed by atoms with Crippen molar-refractivity contribution in [1.29, 1.82) is 0 Å². The van der Waals surface area contributed by atoms with Gasteiger partial charge in [-0.25, -0.2) is 13.8 Å². The maximum absolute atomic E-state index is 15.0. The second kappa shape index (κ2) is 13.4. The zero-order valence-corrected chi connectivity index (χ0v) is 25.4. The van der Waals surface area contributed by atoms with E-state index in [1.165, 1.54) is 18.3 Å². The van der Waals surface area contributed by atoms with Crippen LogP contribution in [0, 0.1) is 11.6 Å². The van der Waals surface area contributed by atoms with E-state index in [1.807, 2.05) is 38.4 Å². The monoisotopic (exact) mass is 617 g/mol. The van der Waals surface area contributed by atoms with E-state index >= 15 is 0 Å². The zero-order valence-electron chi connectivity index (χ0n) is 25.4. The Hall–Kier alpha value is -4.22. The molecule has 4 heterocycles. The largest absolute Gasteiger partial charge is 0.377 e. The molecule has 1 saturated heterocycles. The fourth-order valence-electron chi connectivity index (χ4n) is 6.68. The topological polar surface area (TPSA) is 106 Å². The van der Waals surface area contributed by atoms with Gasteiger partial charge in [-0.3, -0.25) is 14.6 Å². The number of carbonyl (C=O) groups is 2. The number of halogens is 2. The molecule has 236 valence electrons. The number of hydrogen-bond donors (Lipinski definition) is 2. The van der Waals surface area contributed by atoms with E-state index in [9.17, 15) is 18.4 Å². The van der Waals surface area contributed by atoms with Crippen LogP contribution in [-0.4, -0.2) is 78.8 Å². The van der Waals surface area contributed by atoms with Crippen molar-refractivity contribution in [2.45, 2.75) is 50.1 Å². The van der Waals surface area contributed by atoms with Crippen molar-refractivity contribution in [3.05, 3.63) is 93.9 Å². The van der Waals surface area contributed by atoms with Crippen molar-refractivity contribution < 1.29 is 27.8 Å². The van der Waals surface area contributed by atoms with Gasteiger partial charge in [0.15, 0.2) is 11.6 Å². The van der Waals surface area contributed by atoms with Gasteiger partial charge in [0, 0.05) is 43.6 Å². The highest BCUT2D eigenvalue weighted by molar-refractivity contribution is 5.98. The fraction of sp³-hybridized carbons (Fsp3) is 0.412. The number of amides is 2. The number of rotatable bonds is 2. The molecule has 0 saturated carbocycles. The van der Waals surface area contributed by atoms with Crippen LogP contribution in [0.15, 0.2) is 48.8 Å².